The Balaban J connectivity index is 2.06. The Morgan fingerprint density at radius 1 is 1.40 bits per heavy atom. The van der Waals surface area contributed by atoms with Gasteiger partial charge in [0, 0.05) is 6.07 Å². The van der Waals surface area contributed by atoms with Crippen molar-refractivity contribution >= 4 is 11.9 Å². The van der Waals surface area contributed by atoms with Crippen LogP contribution in [0.5, 0.6) is 0 Å². The monoisotopic (exact) mass is 283 g/mol. The van der Waals surface area contributed by atoms with Crippen molar-refractivity contribution in [3.8, 4) is 0 Å². The summed E-state index contributed by atoms with van der Waals surface area (Å²) in [4.78, 5) is 23.1. The summed E-state index contributed by atoms with van der Waals surface area (Å²) in [5.74, 6) is -3.33. The van der Waals surface area contributed by atoms with E-state index in [0.29, 0.717) is 6.07 Å². The van der Waals surface area contributed by atoms with Crippen LogP contribution in [0.2, 0.25) is 0 Å². The molecule has 6 heteroatoms. The number of amides is 1. The molecule has 4 nitrogen and oxygen atoms in total. The number of hydrogen-bond donors (Lipinski definition) is 2. The van der Waals surface area contributed by atoms with Crippen molar-refractivity contribution in [3.05, 3.63) is 35.4 Å². The highest BCUT2D eigenvalue weighted by Gasteiger charge is 2.48. The van der Waals surface area contributed by atoms with Crippen LogP contribution in [0.1, 0.15) is 25.3 Å². The van der Waals surface area contributed by atoms with Gasteiger partial charge in [-0.1, -0.05) is 6.07 Å². The molecule has 1 amide bonds. The van der Waals surface area contributed by atoms with Gasteiger partial charge in [0.1, 0.15) is 17.2 Å². The van der Waals surface area contributed by atoms with Crippen LogP contribution in [-0.2, 0) is 16.0 Å². The summed E-state index contributed by atoms with van der Waals surface area (Å²) >= 11 is 0. The normalized spacial score (nSPS) is 17.4. The van der Waals surface area contributed by atoms with Crippen molar-refractivity contribution in [2.45, 2.75) is 31.7 Å². The third kappa shape index (κ3) is 2.95. The molecule has 1 aromatic rings. The fourth-order valence-corrected chi connectivity index (χ4v) is 2.16. The Kier molecular flexibility index (Phi) is 3.74. The van der Waals surface area contributed by atoms with Crippen LogP contribution < -0.4 is 5.32 Å². The first kappa shape index (κ1) is 14.4. The summed E-state index contributed by atoms with van der Waals surface area (Å²) < 4.78 is 26.2. The molecule has 1 atom stereocenters. The highest BCUT2D eigenvalue weighted by molar-refractivity contribution is 5.88. The minimum Gasteiger partial charge on any atom is -0.480 e. The zero-order valence-corrected chi connectivity index (χ0v) is 11.0. The van der Waals surface area contributed by atoms with Crippen molar-refractivity contribution in [3.63, 3.8) is 0 Å². The minimum absolute atomic E-state index is 0.0347. The fourth-order valence-electron chi connectivity index (χ4n) is 2.16. The van der Waals surface area contributed by atoms with E-state index in [4.69, 9.17) is 0 Å². The van der Waals surface area contributed by atoms with Gasteiger partial charge in [-0.15, -0.1) is 0 Å². The maximum absolute atomic E-state index is 13.4. The second kappa shape index (κ2) is 5.19. The van der Waals surface area contributed by atoms with Gasteiger partial charge in [-0.2, -0.15) is 0 Å². The largest absolute Gasteiger partial charge is 0.480 e. The summed E-state index contributed by atoms with van der Waals surface area (Å²) in [5, 5.41) is 11.7. The van der Waals surface area contributed by atoms with E-state index in [-0.39, 0.29) is 17.9 Å². The SMILES string of the molecule is CC(NC(=O)Cc1ccc(F)cc1F)(C(=O)O)C1CC1. The molecule has 2 N–H and O–H groups in total. The van der Waals surface area contributed by atoms with E-state index in [1.807, 2.05) is 0 Å². The van der Waals surface area contributed by atoms with Gasteiger partial charge in [0.2, 0.25) is 5.91 Å². The molecule has 2 rings (SSSR count). The molecular weight excluding hydrogens is 268 g/mol. The molecule has 0 aliphatic heterocycles. The zero-order valence-electron chi connectivity index (χ0n) is 11.0. The fraction of sp³-hybridized carbons (Fsp3) is 0.429. The van der Waals surface area contributed by atoms with Crippen LogP contribution in [0.15, 0.2) is 18.2 Å². The third-order valence-corrected chi connectivity index (χ3v) is 3.60. The van der Waals surface area contributed by atoms with E-state index < -0.39 is 29.0 Å². The summed E-state index contributed by atoms with van der Waals surface area (Å²) in [6.45, 7) is 1.45. The summed E-state index contributed by atoms with van der Waals surface area (Å²) in [5.41, 5.74) is -1.29. The van der Waals surface area contributed by atoms with Crippen LogP contribution in [0, 0.1) is 17.6 Å². The number of halogens is 2. The van der Waals surface area contributed by atoms with Gasteiger partial charge in [-0.3, -0.25) is 4.79 Å². The Hall–Kier alpha value is -1.98. The highest BCUT2D eigenvalue weighted by atomic mass is 19.1. The molecule has 1 unspecified atom stereocenters. The van der Waals surface area contributed by atoms with Gasteiger partial charge in [-0.25, -0.2) is 13.6 Å². The molecule has 1 saturated carbocycles. The van der Waals surface area contributed by atoms with Crippen molar-refractivity contribution < 1.29 is 23.5 Å². The van der Waals surface area contributed by atoms with Crippen molar-refractivity contribution in [2.24, 2.45) is 5.92 Å². The lowest BCUT2D eigenvalue weighted by molar-refractivity contribution is -0.147. The topological polar surface area (TPSA) is 66.4 Å². The number of carbonyl (C=O) groups is 2. The van der Waals surface area contributed by atoms with Crippen molar-refractivity contribution in [2.75, 3.05) is 0 Å². The standard InChI is InChI=1S/C14H15F2NO3/c1-14(13(19)20,9-3-4-9)17-12(18)6-8-2-5-10(15)7-11(8)16/h2,5,7,9H,3-4,6H2,1H3,(H,17,18)(H,19,20). The minimum atomic E-state index is -1.33. The molecule has 1 aliphatic rings. The maximum Gasteiger partial charge on any atom is 0.329 e. The van der Waals surface area contributed by atoms with Gasteiger partial charge < -0.3 is 10.4 Å². The van der Waals surface area contributed by atoms with E-state index in [2.05, 4.69) is 5.32 Å². The first-order valence-electron chi connectivity index (χ1n) is 6.31. The summed E-state index contributed by atoms with van der Waals surface area (Å²) in [6, 6.07) is 2.93. The molecule has 20 heavy (non-hydrogen) atoms. The smallest absolute Gasteiger partial charge is 0.329 e. The number of aliphatic carboxylic acids is 1. The quantitative estimate of drug-likeness (QED) is 0.867. The molecule has 0 radical (unpaired) electrons. The average Bonchev–Trinajstić information content (AvgIpc) is 3.16. The number of carboxylic acid groups (broad SMARTS) is 1. The Labute approximate surface area is 114 Å². The predicted molar refractivity (Wildman–Crippen MR) is 67.0 cm³/mol. The lowest BCUT2D eigenvalue weighted by Crippen LogP contribution is -2.54. The molecule has 108 valence electrons. The molecule has 0 bridgehead atoms. The predicted octanol–water partition coefficient (Wildman–Crippen LogP) is 1.88. The molecule has 0 heterocycles. The van der Waals surface area contributed by atoms with E-state index in [1.54, 1.807) is 0 Å². The molecular formula is C14H15F2NO3. The lowest BCUT2D eigenvalue weighted by Gasteiger charge is -2.26. The number of hydrogen-bond acceptors (Lipinski definition) is 2. The lowest BCUT2D eigenvalue weighted by atomic mass is 9.95. The molecule has 1 fully saturated rings. The molecule has 0 aromatic heterocycles. The third-order valence-electron chi connectivity index (χ3n) is 3.60. The number of carbonyl (C=O) groups excluding carboxylic acids is 1. The first-order valence-corrected chi connectivity index (χ1v) is 6.31. The number of rotatable bonds is 5. The summed E-state index contributed by atoms with van der Waals surface area (Å²) in [6.07, 6.45) is 1.17. The molecule has 1 aromatic carbocycles. The van der Waals surface area contributed by atoms with E-state index in [0.717, 1.165) is 18.9 Å². The Bertz CT molecular complexity index is 557. The van der Waals surface area contributed by atoms with E-state index >= 15 is 0 Å². The van der Waals surface area contributed by atoms with Crippen LogP contribution in [0.25, 0.3) is 0 Å². The second-order valence-electron chi connectivity index (χ2n) is 5.24. The molecule has 0 spiro atoms. The summed E-state index contributed by atoms with van der Waals surface area (Å²) in [7, 11) is 0. The number of benzene rings is 1. The van der Waals surface area contributed by atoms with Crippen LogP contribution >= 0.6 is 0 Å². The van der Waals surface area contributed by atoms with E-state index in [9.17, 15) is 23.5 Å². The van der Waals surface area contributed by atoms with Gasteiger partial charge in [0.05, 0.1) is 6.42 Å². The second-order valence-corrected chi connectivity index (χ2v) is 5.24. The van der Waals surface area contributed by atoms with Crippen LogP contribution in [-0.4, -0.2) is 22.5 Å². The van der Waals surface area contributed by atoms with Crippen molar-refractivity contribution in [1.82, 2.24) is 5.32 Å². The van der Waals surface area contributed by atoms with Gasteiger partial charge >= 0.3 is 5.97 Å². The van der Waals surface area contributed by atoms with Gasteiger partial charge in [0.25, 0.3) is 0 Å². The molecule has 0 saturated heterocycles. The van der Waals surface area contributed by atoms with E-state index in [1.165, 1.54) is 13.0 Å². The van der Waals surface area contributed by atoms with Crippen LogP contribution in [0.4, 0.5) is 8.78 Å². The van der Waals surface area contributed by atoms with Crippen molar-refractivity contribution in [1.29, 1.82) is 0 Å². The van der Waals surface area contributed by atoms with Crippen LogP contribution in [0.3, 0.4) is 0 Å². The Morgan fingerprint density at radius 3 is 2.55 bits per heavy atom. The van der Waals surface area contributed by atoms with Gasteiger partial charge in [0.15, 0.2) is 0 Å². The Morgan fingerprint density at radius 2 is 2.05 bits per heavy atom. The zero-order chi connectivity index (χ0) is 14.9. The number of carboxylic acids is 1. The number of nitrogens with one attached hydrogen (secondary N) is 1. The highest BCUT2D eigenvalue weighted by Crippen LogP contribution is 2.39. The first-order chi connectivity index (χ1) is 9.33. The average molecular weight is 283 g/mol. The van der Waals surface area contributed by atoms with Gasteiger partial charge in [-0.05, 0) is 37.3 Å². The maximum atomic E-state index is 13.4. The molecule has 1 aliphatic carbocycles.